The van der Waals surface area contributed by atoms with Gasteiger partial charge in [0.2, 0.25) is 0 Å². The number of phenolic OH excluding ortho intramolecular Hbond substituents is 1. The molecular weight excluding hydrogens is 388 g/mol. The maximum absolute atomic E-state index is 13.1. The first-order valence-corrected chi connectivity index (χ1v) is 9.23. The Morgan fingerprint density at radius 1 is 0.767 bits per heavy atom. The summed E-state index contributed by atoms with van der Waals surface area (Å²) >= 11 is 0. The Bertz CT molecular complexity index is 990. The number of hydrogen-bond acceptors (Lipinski definition) is 7. The number of rotatable bonds is 8. The van der Waals surface area contributed by atoms with Gasteiger partial charge in [-0.25, -0.2) is 0 Å². The van der Waals surface area contributed by atoms with E-state index >= 15 is 0 Å². The molecular formula is C23H28O7. The zero-order chi connectivity index (χ0) is 22.6. The number of aromatic hydroxyl groups is 1. The van der Waals surface area contributed by atoms with Crippen molar-refractivity contribution in [2.75, 3.05) is 35.5 Å². The maximum Gasteiger partial charge on any atom is 0.193 e. The molecule has 30 heavy (non-hydrogen) atoms. The van der Waals surface area contributed by atoms with Crippen LogP contribution in [0.15, 0.2) is 12.1 Å². The number of methoxy groups -OCH3 is 5. The summed E-state index contributed by atoms with van der Waals surface area (Å²) in [5.74, 6) is 1.72. The molecule has 0 aliphatic carbocycles. The first-order chi connectivity index (χ1) is 14.3. The maximum atomic E-state index is 13.1. The van der Waals surface area contributed by atoms with Crippen LogP contribution in [-0.2, 0) is 0 Å². The molecule has 7 nitrogen and oxygen atoms in total. The van der Waals surface area contributed by atoms with Gasteiger partial charge in [0.25, 0.3) is 0 Å². The van der Waals surface area contributed by atoms with Gasteiger partial charge in [0.15, 0.2) is 5.78 Å². The predicted octanol–water partition coefficient (Wildman–Crippen LogP) is 4.26. The first-order valence-electron chi connectivity index (χ1n) is 9.23. The number of allylic oxidation sites excluding steroid dienone is 1. The van der Waals surface area contributed by atoms with Gasteiger partial charge in [0.1, 0.15) is 40.1 Å². The molecule has 0 fully saturated rings. The van der Waals surface area contributed by atoms with Crippen molar-refractivity contribution < 1.29 is 33.6 Å². The molecule has 7 heteroatoms. The summed E-state index contributed by atoms with van der Waals surface area (Å²) in [6, 6.07) is 1.72. The molecule has 0 aromatic heterocycles. The third-order valence-corrected chi connectivity index (χ3v) is 5.02. The first kappa shape index (κ1) is 22.9. The number of carbonyl (C=O) groups excluding carboxylic acids is 1. The molecule has 2 aromatic rings. The monoisotopic (exact) mass is 416 g/mol. The molecule has 0 amide bonds. The van der Waals surface area contributed by atoms with Gasteiger partial charge in [-0.05, 0) is 32.9 Å². The van der Waals surface area contributed by atoms with Crippen LogP contribution in [0.4, 0.5) is 0 Å². The number of ketones is 1. The lowest BCUT2D eigenvalue weighted by molar-refractivity contribution is 0.104. The highest BCUT2D eigenvalue weighted by molar-refractivity contribution is 6.11. The zero-order valence-corrected chi connectivity index (χ0v) is 18.6. The molecule has 0 saturated carbocycles. The summed E-state index contributed by atoms with van der Waals surface area (Å²) in [6.07, 6.45) is 2.93. The van der Waals surface area contributed by atoms with Crippen molar-refractivity contribution in [3.8, 4) is 34.5 Å². The molecule has 0 atom stereocenters. The van der Waals surface area contributed by atoms with E-state index in [9.17, 15) is 9.90 Å². The Labute approximate surface area is 176 Å². The van der Waals surface area contributed by atoms with E-state index in [4.69, 9.17) is 23.7 Å². The number of phenols is 1. The SMILES string of the molecule is COc1cc(OC)c(/C=C/C(=O)c2c(O)c(C)c(OC)c(C)c2OC)c(OC)c1C. The van der Waals surface area contributed by atoms with Gasteiger partial charge in [0.05, 0.1) is 41.1 Å². The van der Waals surface area contributed by atoms with Crippen LogP contribution in [0.25, 0.3) is 6.08 Å². The van der Waals surface area contributed by atoms with Crippen LogP contribution in [0.2, 0.25) is 0 Å². The van der Waals surface area contributed by atoms with Crippen molar-refractivity contribution in [2.45, 2.75) is 20.8 Å². The molecule has 0 spiro atoms. The molecule has 0 saturated heterocycles. The normalized spacial score (nSPS) is 10.8. The minimum atomic E-state index is -0.434. The number of hydrogen-bond donors (Lipinski definition) is 1. The van der Waals surface area contributed by atoms with Gasteiger partial charge < -0.3 is 28.8 Å². The molecule has 1 N–H and O–H groups in total. The van der Waals surface area contributed by atoms with Crippen molar-refractivity contribution in [2.24, 2.45) is 0 Å². The largest absolute Gasteiger partial charge is 0.507 e. The van der Waals surface area contributed by atoms with Crippen molar-refractivity contribution in [3.05, 3.63) is 40.0 Å². The summed E-state index contributed by atoms with van der Waals surface area (Å²) in [7, 11) is 7.55. The lowest BCUT2D eigenvalue weighted by Gasteiger charge is -2.18. The van der Waals surface area contributed by atoms with Crippen molar-refractivity contribution >= 4 is 11.9 Å². The summed E-state index contributed by atoms with van der Waals surface area (Å²) in [5, 5.41) is 10.6. The second-order valence-electron chi connectivity index (χ2n) is 6.59. The van der Waals surface area contributed by atoms with E-state index in [1.807, 2.05) is 6.92 Å². The van der Waals surface area contributed by atoms with E-state index < -0.39 is 5.78 Å². The summed E-state index contributed by atoms with van der Waals surface area (Å²) in [6.45, 7) is 5.30. The molecule has 0 radical (unpaired) electrons. The van der Waals surface area contributed by atoms with Gasteiger partial charge in [-0.3, -0.25) is 4.79 Å². The molecule has 2 aromatic carbocycles. The Kier molecular flexibility index (Phi) is 7.21. The molecule has 0 heterocycles. The molecule has 0 unspecified atom stereocenters. The van der Waals surface area contributed by atoms with Crippen molar-refractivity contribution in [3.63, 3.8) is 0 Å². The van der Waals surface area contributed by atoms with Crippen LogP contribution in [0.5, 0.6) is 34.5 Å². The quantitative estimate of drug-likeness (QED) is 0.509. The third kappa shape index (κ3) is 3.87. The fraction of sp³-hybridized carbons (Fsp3) is 0.348. The second-order valence-corrected chi connectivity index (χ2v) is 6.59. The highest BCUT2D eigenvalue weighted by Gasteiger charge is 2.25. The van der Waals surface area contributed by atoms with E-state index in [1.165, 1.54) is 34.5 Å². The Hall–Kier alpha value is -3.35. The van der Waals surface area contributed by atoms with Gasteiger partial charge in [-0.1, -0.05) is 0 Å². The fourth-order valence-corrected chi connectivity index (χ4v) is 3.54. The molecule has 162 valence electrons. The second kappa shape index (κ2) is 9.43. The Morgan fingerprint density at radius 3 is 1.83 bits per heavy atom. The van der Waals surface area contributed by atoms with E-state index in [0.717, 1.165) is 5.56 Å². The highest BCUT2D eigenvalue weighted by atomic mass is 16.5. The summed E-state index contributed by atoms with van der Waals surface area (Å²) < 4.78 is 27.1. The van der Waals surface area contributed by atoms with Crippen LogP contribution < -0.4 is 23.7 Å². The van der Waals surface area contributed by atoms with Crippen LogP contribution in [0.1, 0.15) is 32.6 Å². The third-order valence-electron chi connectivity index (χ3n) is 5.02. The van der Waals surface area contributed by atoms with Gasteiger partial charge in [-0.15, -0.1) is 0 Å². The van der Waals surface area contributed by atoms with Gasteiger partial charge in [-0.2, -0.15) is 0 Å². The smallest absolute Gasteiger partial charge is 0.193 e. The average molecular weight is 416 g/mol. The number of ether oxygens (including phenoxy) is 5. The fourth-order valence-electron chi connectivity index (χ4n) is 3.54. The minimum Gasteiger partial charge on any atom is -0.507 e. The standard InChI is InChI=1S/C23H28O7/c1-12-17(26-4)11-18(27-5)15(22(12)29-7)9-10-16(24)19-20(25)13(2)21(28-6)14(3)23(19)30-8/h9-11,25H,1-8H3/b10-9+. The lowest BCUT2D eigenvalue weighted by Crippen LogP contribution is -2.05. The van der Waals surface area contributed by atoms with E-state index in [2.05, 4.69) is 0 Å². The van der Waals surface area contributed by atoms with E-state index in [0.29, 0.717) is 39.7 Å². The highest BCUT2D eigenvalue weighted by Crippen LogP contribution is 2.43. The van der Waals surface area contributed by atoms with Crippen LogP contribution in [0.3, 0.4) is 0 Å². The predicted molar refractivity (Wildman–Crippen MR) is 115 cm³/mol. The van der Waals surface area contributed by atoms with Crippen molar-refractivity contribution in [1.29, 1.82) is 0 Å². The number of carbonyl (C=O) groups is 1. The zero-order valence-electron chi connectivity index (χ0n) is 18.6. The lowest BCUT2D eigenvalue weighted by atomic mass is 9.98. The van der Waals surface area contributed by atoms with Crippen molar-refractivity contribution in [1.82, 2.24) is 0 Å². The van der Waals surface area contributed by atoms with Crippen LogP contribution in [0, 0.1) is 20.8 Å². The topological polar surface area (TPSA) is 83.5 Å². The molecule has 0 bridgehead atoms. The molecule has 0 aliphatic rings. The minimum absolute atomic E-state index is 0.0627. The van der Waals surface area contributed by atoms with Gasteiger partial charge in [0, 0.05) is 22.8 Å². The summed E-state index contributed by atoms with van der Waals surface area (Å²) in [4.78, 5) is 13.1. The summed E-state index contributed by atoms with van der Waals surface area (Å²) in [5.41, 5.74) is 2.50. The Morgan fingerprint density at radius 2 is 1.33 bits per heavy atom. The van der Waals surface area contributed by atoms with E-state index in [1.54, 1.807) is 33.1 Å². The van der Waals surface area contributed by atoms with Gasteiger partial charge >= 0.3 is 0 Å². The average Bonchev–Trinajstić information content (AvgIpc) is 2.74. The van der Waals surface area contributed by atoms with Crippen LogP contribution >= 0.6 is 0 Å². The number of benzene rings is 2. The molecule has 2 rings (SSSR count). The molecule has 0 aliphatic heterocycles. The Balaban J connectivity index is 2.63. The van der Waals surface area contributed by atoms with E-state index in [-0.39, 0.29) is 17.1 Å². The van der Waals surface area contributed by atoms with Crippen LogP contribution in [-0.4, -0.2) is 46.4 Å².